The minimum absolute atomic E-state index is 0.0146. The van der Waals surface area contributed by atoms with Crippen molar-refractivity contribution in [3.63, 3.8) is 0 Å². The van der Waals surface area contributed by atoms with Gasteiger partial charge in [-0.15, -0.1) is 0 Å². The van der Waals surface area contributed by atoms with Crippen molar-refractivity contribution in [3.05, 3.63) is 0 Å². The van der Waals surface area contributed by atoms with Gasteiger partial charge in [0.2, 0.25) is 0 Å². The number of ether oxygens (including phenoxy) is 2. The molecule has 2 nitrogen and oxygen atoms in total. The second-order valence-corrected chi connectivity index (χ2v) is 4.00. The molecule has 1 heterocycles. The molecule has 0 spiro atoms. The van der Waals surface area contributed by atoms with Crippen LogP contribution in [0.3, 0.4) is 0 Å². The Kier molecular flexibility index (Phi) is 4.00. The molecule has 0 saturated carbocycles. The van der Waals surface area contributed by atoms with Crippen molar-refractivity contribution in [2.45, 2.75) is 23.5 Å². The van der Waals surface area contributed by atoms with E-state index >= 15 is 0 Å². The highest BCUT2D eigenvalue weighted by Gasteiger charge is 2.30. The quantitative estimate of drug-likeness (QED) is 0.726. The lowest BCUT2D eigenvalue weighted by Gasteiger charge is -2.13. The Bertz CT molecular complexity index is 162. The molecule has 1 rings (SSSR count). The molecule has 2 atom stereocenters. The molecule has 13 heavy (non-hydrogen) atoms. The summed E-state index contributed by atoms with van der Waals surface area (Å²) in [6.45, 7) is 0.573. The highest BCUT2D eigenvalue weighted by atomic mass is 79.9. The van der Waals surface area contributed by atoms with Crippen LogP contribution in [0.25, 0.3) is 0 Å². The second kappa shape index (κ2) is 4.61. The van der Waals surface area contributed by atoms with Crippen LogP contribution in [0.5, 0.6) is 0 Å². The van der Waals surface area contributed by atoms with Gasteiger partial charge in [-0.2, -0.15) is 13.2 Å². The predicted molar refractivity (Wildman–Crippen MR) is 43.9 cm³/mol. The van der Waals surface area contributed by atoms with E-state index < -0.39 is 12.6 Å². The zero-order chi connectivity index (χ0) is 9.90. The van der Waals surface area contributed by atoms with E-state index in [-0.39, 0.29) is 17.5 Å². The Labute approximate surface area is 82.5 Å². The van der Waals surface area contributed by atoms with Gasteiger partial charge in [0, 0.05) is 0 Å². The topological polar surface area (TPSA) is 18.5 Å². The first-order valence-corrected chi connectivity index (χ1v) is 4.81. The van der Waals surface area contributed by atoms with Crippen molar-refractivity contribution in [1.29, 1.82) is 0 Å². The van der Waals surface area contributed by atoms with Crippen molar-refractivity contribution in [3.8, 4) is 0 Å². The van der Waals surface area contributed by atoms with E-state index in [0.29, 0.717) is 13.2 Å². The molecule has 0 aromatic rings. The summed E-state index contributed by atoms with van der Waals surface area (Å²) in [7, 11) is 0. The minimum Gasteiger partial charge on any atom is -0.377 e. The van der Waals surface area contributed by atoms with Crippen molar-refractivity contribution in [2.24, 2.45) is 0 Å². The number of rotatable bonds is 3. The van der Waals surface area contributed by atoms with Crippen molar-refractivity contribution in [1.82, 2.24) is 0 Å². The zero-order valence-corrected chi connectivity index (χ0v) is 8.40. The fraction of sp³-hybridized carbons (Fsp3) is 1.00. The lowest BCUT2D eigenvalue weighted by molar-refractivity contribution is -0.148. The third-order valence-electron chi connectivity index (χ3n) is 1.68. The van der Waals surface area contributed by atoms with Crippen LogP contribution in [0, 0.1) is 0 Å². The summed E-state index contributed by atoms with van der Waals surface area (Å²) >= 11 is 3.25. The molecule has 0 amide bonds. The van der Waals surface area contributed by atoms with Crippen LogP contribution in [-0.2, 0) is 9.47 Å². The normalized spacial score (nSPS) is 29.5. The van der Waals surface area contributed by atoms with Gasteiger partial charge < -0.3 is 9.47 Å². The van der Waals surface area contributed by atoms with Gasteiger partial charge in [0.05, 0.1) is 37.2 Å². The van der Waals surface area contributed by atoms with E-state index in [2.05, 4.69) is 15.9 Å². The van der Waals surface area contributed by atoms with E-state index in [1.54, 1.807) is 0 Å². The van der Waals surface area contributed by atoms with E-state index in [9.17, 15) is 13.2 Å². The summed E-state index contributed by atoms with van der Waals surface area (Å²) in [5, 5.41) is 0. The van der Waals surface area contributed by atoms with Gasteiger partial charge in [-0.05, 0) is 0 Å². The molecule has 1 fully saturated rings. The van der Waals surface area contributed by atoms with Crippen LogP contribution in [-0.4, -0.2) is 36.9 Å². The van der Waals surface area contributed by atoms with Gasteiger partial charge in [-0.3, -0.25) is 0 Å². The van der Waals surface area contributed by atoms with Gasteiger partial charge in [0.25, 0.3) is 0 Å². The molecular formula is C7H10BrF3O2. The lowest BCUT2D eigenvalue weighted by Crippen LogP contribution is -2.24. The monoisotopic (exact) mass is 262 g/mol. The fourth-order valence-corrected chi connectivity index (χ4v) is 1.48. The Morgan fingerprint density at radius 3 is 2.54 bits per heavy atom. The standard InChI is InChI=1S/C7H10BrF3O2/c8-5-3-12-4-6(5)13-2-1-7(9,10)11/h5-6H,1-4H2. The molecule has 0 aromatic carbocycles. The number of halogens is 4. The Morgan fingerprint density at radius 2 is 2.08 bits per heavy atom. The highest BCUT2D eigenvalue weighted by Crippen LogP contribution is 2.22. The van der Waals surface area contributed by atoms with Crippen LogP contribution in [0.15, 0.2) is 0 Å². The van der Waals surface area contributed by atoms with E-state index in [1.165, 1.54) is 0 Å². The van der Waals surface area contributed by atoms with Crippen molar-refractivity contribution >= 4 is 15.9 Å². The van der Waals surface area contributed by atoms with Crippen molar-refractivity contribution in [2.75, 3.05) is 19.8 Å². The molecule has 0 bridgehead atoms. The Balaban J connectivity index is 2.12. The molecule has 1 saturated heterocycles. The van der Waals surface area contributed by atoms with Gasteiger partial charge in [-0.25, -0.2) is 0 Å². The molecule has 0 N–H and O–H groups in total. The SMILES string of the molecule is FC(F)(F)CCOC1COCC1Br. The highest BCUT2D eigenvalue weighted by molar-refractivity contribution is 9.09. The third kappa shape index (κ3) is 4.28. The molecule has 6 heteroatoms. The van der Waals surface area contributed by atoms with Gasteiger partial charge in [0.1, 0.15) is 0 Å². The van der Waals surface area contributed by atoms with Crippen LogP contribution in [0.4, 0.5) is 13.2 Å². The van der Waals surface area contributed by atoms with Crippen LogP contribution in [0.2, 0.25) is 0 Å². The zero-order valence-electron chi connectivity index (χ0n) is 6.81. The van der Waals surface area contributed by atoms with Crippen LogP contribution < -0.4 is 0 Å². The predicted octanol–water partition coefficient (Wildman–Crippen LogP) is 2.12. The number of alkyl halides is 4. The molecule has 0 aliphatic carbocycles. The largest absolute Gasteiger partial charge is 0.391 e. The third-order valence-corrected chi connectivity index (χ3v) is 2.53. The maximum Gasteiger partial charge on any atom is 0.391 e. The lowest BCUT2D eigenvalue weighted by atomic mass is 10.3. The Hall–Kier alpha value is 0.190. The van der Waals surface area contributed by atoms with Crippen LogP contribution >= 0.6 is 15.9 Å². The first-order valence-electron chi connectivity index (χ1n) is 3.89. The van der Waals surface area contributed by atoms with E-state index in [1.807, 2.05) is 0 Å². The number of hydrogen-bond donors (Lipinski definition) is 0. The first-order chi connectivity index (χ1) is 5.99. The fourth-order valence-electron chi connectivity index (χ4n) is 0.987. The smallest absolute Gasteiger partial charge is 0.377 e. The summed E-state index contributed by atoms with van der Waals surface area (Å²) in [5.41, 5.74) is 0. The van der Waals surface area contributed by atoms with Crippen LogP contribution in [0.1, 0.15) is 6.42 Å². The Morgan fingerprint density at radius 1 is 1.38 bits per heavy atom. The average molecular weight is 263 g/mol. The molecule has 0 radical (unpaired) electrons. The molecule has 1 aliphatic heterocycles. The second-order valence-electron chi connectivity index (χ2n) is 2.83. The summed E-state index contributed by atoms with van der Waals surface area (Å²) < 4.78 is 45.1. The maximum absolute atomic E-state index is 11.7. The summed E-state index contributed by atoms with van der Waals surface area (Å²) in [5.74, 6) is 0. The summed E-state index contributed by atoms with van der Waals surface area (Å²) in [6.07, 6.45) is -5.29. The summed E-state index contributed by atoms with van der Waals surface area (Å²) in [4.78, 5) is 0.0146. The van der Waals surface area contributed by atoms with Crippen molar-refractivity contribution < 1.29 is 22.6 Å². The molecule has 2 unspecified atom stereocenters. The summed E-state index contributed by atoms with van der Waals surface area (Å²) in [6, 6.07) is 0. The number of hydrogen-bond acceptors (Lipinski definition) is 2. The van der Waals surface area contributed by atoms with Gasteiger partial charge in [-0.1, -0.05) is 15.9 Å². The van der Waals surface area contributed by atoms with E-state index in [0.717, 1.165) is 0 Å². The maximum atomic E-state index is 11.7. The molecule has 78 valence electrons. The molecular weight excluding hydrogens is 253 g/mol. The van der Waals surface area contributed by atoms with E-state index in [4.69, 9.17) is 9.47 Å². The minimum atomic E-state index is -4.14. The molecule has 1 aliphatic rings. The van der Waals surface area contributed by atoms with Gasteiger partial charge >= 0.3 is 6.18 Å². The average Bonchev–Trinajstić information content (AvgIpc) is 2.34. The first kappa shape index (κ1) is 11.3. The van der Waals surface area contributed by atoms with Gasteiger partial charge in [0.15, 0.2) is 0 Å². The molecule has 0 aromatic heterocycles.